The monoisotopic (exact) mass is 544 g/mol. The van der Waals surface area contributed by atoms with Gasteiger partial charge in [-0.25, -0.2) is 9.78 Å². The number of hydrogen-bond acceptors (Lipinski definition) is 6. The summed E-state index contributed by atoms with van der Waals surface area (Å²) in [4.78, 5) is 19.2. The summed E-state index contributed by atoms with van der Waals surface area (Å²) in [6.45, 7) is 16.3. The van der Waals surface area contributed by atoms with Crippen molar-refractivity contribution in [3.63, 3.8) is 0 Å². The van der Waals surface area contributed by atoms with Crippen LogP contribution in [0, 0.1) is 5.92 Å². The second-order valence-electron chi connectivity index (χ2n) is 13.3. The molecule has 1 atom stereocenters. The number of methoxy groups -OCH3 is 1. The molecule has 9 heteroatoms. The Morgan fingerprint density at radius 3 is 2.50 bits per heavy atom. The maximum atomic E-state index is 12.4. The van der Waals surface area contributed by atoms with Gasteiger partial charge in [-0.1, -0.05) is 19.6 Å². The van der Waals surface area contributed by atoms with Gasteiger partial charge in [0, 0.05) is 58.4 Å². The Morgan fingerprint density at radius 2 is 1.89 bits per heavy atom. The van der Waals surface area contributed by atoms with Crippen LogP contribution in [-0.2, 0) is 20.9 Å². The summed E-state index contributed by atoms with van der Waals surface area (Å²) in [5.41, 5.74) is 2.84. The minimum Gasteiger partial charge on any atom is -0.444 e. The maximum Gasteiger partial charge on any atom is 0.410 e. The zero-order valence-electron chi connectivity index (χ0n) is 24.5. The molecule has 1 unspecified atom stereocenters. The molecule has 0 aromatic carbocycles. The smallest absolute Gasteiger partial charge is 0.410 e. The lowest BCUT2D eigenvalue weighted by atomic mass is 9.95. The molecule has 0 spiro atoms. The van der Waals surface area contributed by atoms with Crippen molar-refractivity contribution in [2.24, 2.45) is 5.92 Å². The number of ether oxygens (including phenoxy) is 3. The first kappa shape index (κ1) is 28.9. The van der Waals surface area contributed by atoms with Crippen LogP contribution in [-0.4, -0.2) is 73.7 Å². The van der Waals surface area contributed by atoms with Crippen LogP contribution >= 0.6 is 0 Å². The Kier molecular flexibility index (Phi) is 9.10. The molecule has 1 amide bonds. The van der Waals surface area contributed by atoms with E-state index in [-0.39, 0.29) is 6.09 Å². The minimum atomic E-state index is -1.13. The van der Waals surface area contributed by atoms with Gasteiger partial charge in [-0.05, 0) is 70.0 Å². The first-order chi connectivity index (χ1) is 17.9. The highest BCUT2D eigenvalue weighted by atomic mass is 28.3. The maximum absolute atomic E-state index is 12.4. The van der Waals surface area contributed by atoms with Gasteiger partial charge >= 0.3 is 6.09 Å². The molecule has 2 fully saturated rings. The van der Waals surface area contributed by atoms with Crippen LogP contribution in [0.5, 0.6) is 0 Å². The van der Waals surface area contributed by atoms with Crippen LogP contribution in [0.3, 0.4) is 0 Å². The van der Waals surface area contributed by atoms with Crippen LogP contribution in [0.2, 0.25) is 25.7 Å². The molecule has 212 valence electrons. The van der Waals surface area contributed by atoms with Crippen molar-refractivity contribution >= 4 is 30.9 Å². The van der Waals surface area contributed by atoms with E-state index in [0.29, 0.717) is 37.7 Å². The Morgan fingerprint density at radius 1 is 1.18 bits per heavy atom. The average molecular weight is 545 g/mol. The second kappa shape index (κ2) is 12.0. The van der Waals surface area contributed by atoms with Gasteiger partial charge in [-0.2, -0.15) is 0 Å². The number of nitrogens with one attached hydrogen (secondary N) is 1. The predicted octanol–water partition coefficient (Wildman–Crippen LogP) is 6.30. The van der Waals surface area contributed by atoms with Gasteiger partial charge in [0.2, 0.25) is 0 Å². The second-order valence-corrected chi connectivity index (χ2v) is 18.9. The highest BCUT2D eigenvalue weighted by Gasteiger charge is 2.34. The number of carbonyl (C=O) groups is 1. The first-order valence-corrected chi connectivity index (χ1v) is 17.9. The zero-order valence-corrected chi connectivity index (χ0v) is 25.5. The standard InChI is InChI=1S/C29H48N4O4Si/c1-29(2,3)37-28(34)32-12-10-22(11-13-32)31-23-16-24-25(26(19-35-4)21-8-9-21)18-33(27(24)30-17-23)20-36-14-15-38(5,6)7/h16-18,21-22,26,31H,8-15,19-20H2,1-7H3. The third-order valence-corrected chi connectivity index (χ3v) is 9.13. The van der Waals surface area contributed by atoms with E-state index >= 15 is 0 Å². The van der Waals surface area contributed by atoms with Gasteiger partial charge in [-0.15, -0.1) is 0 Å². The van der Waals surface area contributed by atoms with Crippen molar-refractivity contribution in [2.45, 2.75) is 96.4 Å². The molecule has 4 rings (SSSR count). The van der Waals surface area contributed by atoms with Gasteiger partial charge in [-0.3, -0.25) is 0 Å². The van der Waals surface area contributed by atoms with E-state index in [1.165, 1.54) is 23.8 Å². The summed E-state index contributed by atoms with van der Waals surface area (Å²) in [5, 5.41) is 4.88. The summed E-state index contributed by atoms with van der Waals surface area (Å²) in [6, 6.07) is 3.70. The van der Waals surface area contributed by atoms with Crippen LogP contribution in [0.4, 0.5) is 10.5 Å². The number of fused-ring (bicyclic) bond motifs is 1. The topological polar surface area (TPSA) is 77.9 Å². The van der Waals surface area contributed by atoms with Crippen molar-refractivity contribution in [2.75, 3.05) is 38.7 Å². The number of pyridine rings is 1. The molecule has 1 saturated heterocycles. The lowest BCUT2D eigenvalue weighted by Crippen LogP contribution is -2.44. The van der Waals surface area contributed by atoms with Crippen molar-refractivity contribution in [1.29, 1.82) is 0 Å². The summed E-state index contributed by atoms with van der Waals surface area (Å²) in [6.07, 6.45) is 8.24. The third kappa shape index (κ3) is 7.96. The number of aromatic nitrogens is 2. The normalized spacial score (nSPS) is 18.1. The molecule has 2 aromatic rings. The molecule has 2 aromatic heterocycles. The molecular formula is C29H48N4O4Si. The van der Waals surface area contributed by atoms with Crippen molar-refractivity contribution in [1.82, 2.24) is 14.5 Å². The van der Waals surface area contributed by atoms with Gasteiger partial charge < -0.3 is 29.0 Å². The molecule has 2 aliphatic rings. The number of likely N-dealkylation sites (tertiary alicyclic amines) is 1. The molecule has 1 aliphatic carbocycles. The van der Waals surface area contributed by atoms with E-state index in [4.69, 9.17) is 19.2 Å². The fraction of sp³-hybridized carbons (Fsp3) is 0.724. The largest absolute Gasteiger partial charge is 0.444 e. The van der Waals surface area contributed by atoms with E-state index in [1.54, 1.807) is 7.11 Å². The quantitative estimate of drug-likeness (QED) is 0.264. The Hall–Kier alpha value is -2.10. The van der Waals surface area contributed by atoms with E-state index < -0.39 is 13.7 Å². The summed E-state index contributed by atoms with van der Waals surface area (Å²) >= 11 is 0. The number of hydrogen-bond donors (Lipinski definition) is 1. The number of amides is 1. The number of nitrogens with zero attached hydrogens (tertiary/aromatic N) is 3. The summed E-state index contributed by atoms with van der Waals surface area (Å²) in [7, 11) is 0.662. The molecular weight excluding hydrogens is 496 g/mol. The minimum absolute atomic E-state index is 0.221. The van der Waals surface area contributed by atoms with Gasteiger partial charge in [0.25, 0.3) is 0 Å². The number of rotatable bonds is 11. The van der Waals surface area contributed by atoms with Crippen molar-refractivity contribution in [3.8, 4) is 0 Å². The SMILES string of the molecule is COCC(c1cn(COCC[Si](C)(C)C)c2ncc(NC3CCN(C(=O)OC(C)(C)C)CC3)cc12)C1CC1. The zero-order chi connectivity index (χ0) is 27.5. The Bertz CT molecular complexity index is 1080. The number of carbonyl (C=O) groups excluding carboxylic acids is 1. The first-order valence-electron chi connectivity index (χ1n) is 14.2. The molecule has 3 heterocycles. The van der Waals surface area contributed by atoms with E-state index in [2.05, 4.69) is 41.8 Å². The van der Waals surface area contributed by atoms with Crippen LogP contribution in [0.25, 0.3) is 11.0 Å². The molecule has 0 bridgehead atoms. The van der Waals surface area contributed by atoms with Gasteiger partial charge in [0.1, 0.15) is 18.0 Å². The van der Waals surface area contributed by atoms with E-state index in [1.807, 2.05) is 31.9 Å². The van der Waals surface area contributed by atoms with Gasteiger partial charge in [0.15, 0.2) is 0 Å². The Balaban J connectivity index is 1.47. The highest BCUT2D eigenvalue weighted by molar-refractivity contribution is 6.76. The van der Waals surface area contributed by atoms with Crippen molar-refractivity contribution < 1.29 is 19.0 Å². The number of piperidine rings is 1. The highest BCUT2D eigenvalue weighted by Crippen LogP contribution is 2.45. The van der Waals surface area contributed by atoms with E-state index in [9.17, 15) is 4.79 Å². The summed E-state index contributed by atoms with van der Waals surface area (Å²) in [5.74, 6) is 1.05. The van der Waals surface area contributed by atoms with Crippen LogP contribution in [0.15, 0.2) is 18.5 Å². The lowest BCUT2D eigenvalue weighted by molar-refractivity contribution is 0.0210. The fourth-order valence-electron chi connectivity index (χ4n) is 5.14. The third-order valence-electron chi connectivity index (χ3n) is 7.43. The average Bonchev–Trinajstić information content (AvgIpc) is 3.61. The lowest BCUT2D eigenvalue weighted by Gasteiger charge is -2.34. The summed E-state index contributed by atoms with van der Waals surface area (Å²) < 4.78 is 19.5. The molecule has 1 saturated carbocycles. The Labute approximate surface area is 229 Å². The van der Waals surface area contributed by atoms with Crippen molar-refractivity contribution in [3.05, 3.63) is 24.0 Å². The molecule has 1 aliphatic heterocycles. The predicted molar refractivity (Wildman–Crippen MR) is 156 cm³/mol. The molecule has 8 nitrogen and oxygen atoms in total. The molecule has 0 radical (unpaired) electrons. The van der Waals surface area contributed by atoms with Crippen LogP contribution < -0.4 is 5.32 Å². The van der Waals surface area contributed by atoms with E-state index in [0.717, 1.165) is 43.4 Å². The molecule has 38 heavy (non-hydrogen) atoms. The molecule has 1 N–H and O–H groups in total. The van der Waals surface area contributed by atoms with Gasteiger partial charge in [0.05, 0.1) is 18.5 Å². The fourth-order valence-corrected chi connectivity index (χ4v) is 5.89. The number of anilines is 1. The van der Waals surface area contributed by atoms with Crippen LogP contribution in [0.1, 0.15) is 57.9 Å².